The van der Waals surface area contributed by atoms with Gasteiger partial charge in [-0.25, -0.2) is 0 Å². The van der Waals surface area contributed by atoms with Crippen LogP contribution in [-0.2, 0) is 16.0 Å². The van der Waals surface area contributed by atoms with E-state index >= 15 is 0 Å². The summed E-state index contributed by atoms with van der Waals surface area (Å²) in [7, 11) is 0. The Kier molecular flexibility index (Phi) is 18.6. The second-order valence-corrected chi connectivity index (χ2v) is 9.39. The van der Waals surface area contributed by atoms with E-state index in [0.717, 1.165) is 43.3 Å². The zero-order valence-electron chi connectivity index (χ0n) is 23.3. The van der Waals surface area contributed by atoms with Crippen molar-refractivity contribution >= 4 is 17.5 Å². The number of carbonyl (C=O) groups excluding carboxylic acids is 1. The molecule has 0 bridgehead atoms. The third-order valence-corrected chi connectivity index (χ3v) is 6.12. The summed E-state index contributed by atoms with van der Waals surface area (Å²) in [6, 6.07) is 16.5. The van der Waals surface area contributed by atoms with Crippen molar-refractivity contribution in [3.63, 3.8) is 0 Å². The molecular formula is C31H47NO2S. The predicted octanol–water partition coefficient (Wildman–Crippen LogP) is 8.29. The van der Waals surface area contributed by atoms with Gasteiger partial charge in [-0.1, -0.05) is 110 Å². The average Bonchev–Trinajstić information content (AvgIpc) is 2.86. The molecule has 0 saturated carbocycles. The summed E-state index contributed by atoms with van der Waals surface area (Å²) >= 11 is 1.73. The van der Waals surface area contributed by atoms with Crippen LogP contribution in [0.2, 0.25) is 0 Å². The number of morpholine rings is 1. The first-order valence-corrected chi connectivity index (χ1v) is 13.5. The zero-order chi connectivity index (χ0) is 26.6. The Morgan fingerprint density at radius 2 is 1.51 bits per heavy atom. The highest BCUT2D eigenvalue weighted by Gasteiger charge is 2.11. The number of ketones is 1. The van der Waals surface area contributed by atoms with Crippen molar-refractivity contribution in [2.24, 2.45) is 0 Å². The van der Waals surface area contributed by atoms with Crippen LogP contribution >= 0.6 is 11.8 Å². The quantitative estimate of drug-likeness (QED) is 0.401. The number of ether oxygens (including phenoxy) is 1. The Morgan fingerprint density at radius 1 is 0.971 bits per heavy atom. The lowest BCUT2D eigenvalue weighted by Crippen LogP contribution is -2.34. The first-order valence-electron chi connectivity index (χ1n) is 12.6. The minimum Gasteiger partial charge on any atom is -0.378 e. The maximum atomic E-state index is 10.7. The van der Waals surface area contributed by atoms with Crippen molar-refractivity contribution in [3.05, 3.63) is 93.4 Å². The van der Waals surface area contributed by atoms with Crippen molar-refractivity contribution in [1.29, 1.82) is 0 Å². The van der Waals surface area contributed by atoms with Gasteiger partial charge in [0, 0.05) is 19.5 Å². The first-order chi connectivity index (χ1) is 16.7. The number of aryl methyl sites for hydroxylation is 3. The Morgan fingerprint density at radius 3 is 1.97 bits per heavy atom. The molecule has 0 aromatic heterocycles. The Balaban J connectivity index is 0.000000494. The minimum atomic E-state index is 0.218. The fourth-order valence-electron chi connectivity index (χ4n) is 2.89. The lowest BCUT2D eigenvalue weighted by molar-refractivity contribution is -0.116. The van der Waals surface area contributed by atoms with Gasteiger partial charge in [-0.2, -0.15) is 0 Å². The van der Waals surface area contributed by atoms with E-state index in [1.54, 1.807) is 18.7 Å². The summed E-state index contributed by atoms with van der Waals surface area (Å²) < 4.78 is 5.29. The van der Waals surface area contributed by atoms with Gasteiger partial charge >= 0.3 is 0 Å². The topological polar surface area (TPSA) is 29.5 Å². The van der Waals surface area contributed by atoms with Crippen LogP contribution in [0.4, 0.5) is 0 Å². The number of thioether (sulfide) groups is 1. The molecule has 1 aliphatic heterocycles. The fraction of sp³-hybridized carbons (Fsp3) is 0.452. The molecule has 0 radical (unpaired) electrons. The largest absolute Gasteiger partial charge is 0.378 e. The molecule has 0 aliphatic carbocycles. The van der Waals surface area contributed by atoms with Crippen molar-refractivity contribution in [1.82, 2.24) is 4.90 Å². The summed E-state index contributed by atoms with van der Waals surface area (Å²) in [5, 5.41) is 3.33. The summed E-state index contributed by atoms with van der Waals surface area (Å²) in [6.45, 7) is 23.8. The Bertz CT molecular complexity index is 860. The van der Waals surface area contributed by atoms with E-state index in [0.29, 0.717) is 6.42 Å². The van der Waals surface area contributed by atoms with Gasteiger partial charge in [0.25, 0.3) is 0 Å². The van der Waals surface area contributed by atoms with E-state index < -0.39 is 0 Å². The number of benzene rings is 2. The van der Waals surface area contributed by atoms with E-state index in [4.69, 9.17) is 4.74 Å². The van der Waals surface area contributed by atoms with E-state index in [9.17, 15) is 4.79 Å². The number of rotatable bonds is 6. The molecule has 0 atom stereocenters. The van der Waals surface area contributed by atoms with E-state index in [2.05, 4.69) is 68.8 Å². The normalized spacial score (nSPS) is 12.7. The van der Waals surface area contributed by atoms with E-state index in [1.165, 1.54) is 22.3 Å². The fourth-order valence-corrected chi connectivity index (χ4v) is 3.72. The summed E-state index contributed by atoms with van der Waals surface area (Å²) in [5.74, 6) is 0.218. The van der Waals surface area contributed by atoms with Crippen LogP contribution in [0.3, 0.4) is 0 Å². The van der Waals surface area contributed by atoms with Crippen LogP contribution in [0.5, 0.6) is 0 Å². The first kappa shape index (κ1) is 32.7. The number of allylic oxidation sites excluding steroid dienone is 1. The zero-order valence-corrected chi connectivity index (χ0v) is 24.1. The van der Waals surface area contributed by atoms with Gasteiger partial charge in [0.1, 0.15) is 5.78 Å². The van der Waals surface area contributed by atoms with Gasteiger partial charge in [0.05, 0.1) is 18.2 Å². The molecule has 2 aromatic rings. The molecule has 4 heteroatoms. The van der Waals surface area contributed by atoms with E-state index in [1.807, 2.05) is 45.0 Å². The van der Waals surface area contributed by atoms with Crippen LogP contribution in [0.15, 0.2) is 71.1 Å². The van der Waals surface area contributed by atoms with E-state index in [-0.39, 0.29) is 5.78 Å². The Labute approximate surface area is 219 Å². The molecular weight excluding hydrogens is 450 g/mol. The second-order valence-electron chi connectivity index (χ2n) is 8.45. The van der Waals surface area contributed by atoms with Crippen molar-refractivity contribution in [2.45, 2.75) is 68.2 Å². The molecule has 2 aromatic carbocycles. The average molecular weight is 498 g/mol. The molecule has 194 valence electrons. The predicted molar refractivity (Wildman–Crippen MR) is 156 cm³/mol. The molecule has 0 N–H and O–H groups in total. The van der Waals surface area contributed by atoms with Crippen LogP contribution < -0.4 is 0 Å². The highest BCUT2D eigenvalue weighted by atomic mass is 32.2. The number of hydrogen-bond donors (Lipinski definition) is 0. The summed E-state index contributed by atoms with van der Waals surface area (Å²) in [6.07, 6.45) is 1.67. The third-order valence-electron chi connectivity index (χ3n) is 5.07. The maximum Gasteiger partial charge on any atom is 0.134 e. The van der Waals surface area contributed by atoms with Crippen LogP contribution in [-0.4, -0.2) is 37.0 Å². The maximum absolute atomic E-state index is 10.7. The van der Waals surface area contributed by atoms with Crippen molar-refractivity contribution in [2.75, 3.05) is 26.3 Å². The van der Waals surface area contributed by atoms with Gasteiger partial charge < -0.3 is 9.64 Å². The summed E-state index contributed by atoms with van der Waals surface area (Å²) in [4.78, 5) is 13.0. The standard InChI is InChI=1S/C11H19NOS.C10H12O.C8H10.C2H6/c1-4-10(2)9-14-11(3)12-5-7-13-8-6-12;1-8-4-3-5-10(6-8)7-9(2)11;1-7-3-5-8(2)6-4-7;1-2/h9H,3-8H2,1-2H3;3-6H,7H2,1-2H3;3-6H,1-2H3;1-2H3/b10-9+;;;. The molecule has 1 heterocycles. The minimum absolute atomic E-state index is 0.218. The molecule has 0 amide bonds. The SMILES string of the molecule is C=C(S/C=C(\C)CC)N1CCOCC1.CC.CC(=O)Cc1cccc(C)c1.Cc1ccc(C)cc1. The van der Waals surface area contributed by atoms with Crippen LogP contribution in [0.25, 0.3) is 0 Å². The Hall–Kier alpha value is -2.30. The number of nitrogens with zero attached hydrogens (tertiary/aromatic N) is 1. The number of Topliss-reactive ketones (excluding diaryl/α,β-unsaturated/α-hetero) is 1. The van der Waals surface area contributed by atoms with Crippen LogP contribution in [0.1, 0.15) is 63.3 Å². The van der Waals surface area contributed by atoms with Crippen molar-refractivity contribution < 1.29 is 9.53 Å². The smallest absolute Gasteiger partial charge is 0.134 e. The molecule has 0 spiro atoms. The highest BCUT2D eigenvalue weighted by Crippen LogP contribution is 2.22. The van der Waals surface area contributed by atoms with Gasteiger partial charge in [-0.3, -0.25) is 4.79 Å². The molecule has 1 aliphatic rings. The van der Waals surface area contributed by atoms with Gasteiger partial charge in [0.2, 0.25) is 0 Å². The lowest BCUT2D eigenvalue weighted by Gasteiger charge is -2.29. The second kappa shape index (κ2) is 19.9. The van der Waals surface area contributed by atoms with Crippen LogP contribution in [0, 0.1) is 20.8 Å². The lowest BCUT2D eigenvalue weighted by atomic mass is 10.1. The molecule has 3 rings (SSSR count). The van der Waals surface area contributed by atoms with Crippen molar-refractivity contribution in [3.8, 4) is 0 Å². The summed E-state index contributed by atoms with van der Waals surface area (Å²) in [5.41, 5.74) is 6.39. The third kappa shape index (κ3) is 16.9. The molecule has 0 unspecified atom stereocenters. The number of carbonyl (C=O) groups is 1. The molecule has 35 heavy (non-hydrogen) atoms. The molecule has 1 fully saturated rings. The van der Waals surface area contributed by atoms with Gasteiger partial charge in [0.15, 0.2) is 0 Å². The molecule has 1 saturated heterocycles. The van der Waals surface area contributed by atoms with Gasteiger partial charge in [-0.05, 0) is 52.0 Å². The van der Waals surface area contributed by atoms with Gasteiger partial charge in [-0.15, -0.1) is 0 Å². The highest BCUT2D eigenvalue weighted by molar-refractivity contribution is 8.05. The molecule has 3 nitrogen and oxygen atoms in total. The number of hydrogen-bond acceptors (Lipinski definition) is 4. The monoisotopic (exact) mass is 497 g/mol.